The first-order chi connectivity index (χ1) is 12.2. The number of aromatic nitrogens is 3. The third-order valence-corrected chi connectivity index (χ3v) is 6.71. The Bertz CT molecular complexity index is 846. The van der Waals surface area contributed by atoms with Gasteiger partial charge in [-0.05, 0) is 26.3 Å². The molecule has 8 nitrogen and oxygen atoms in total. The average molecular weight is 415 g/mol. The quantitative estimate of drug-likeness (QED) is 0.382. The van der Waals surface area contributed by atoms with Crippen molar-refractivity contribution in [3.05, 3.63) is 22.5 Å². The number of carbonyl (C=O) groups excluding carboxylic acids is 3. The second-order valence-corrected chi connectivity index (χ2v) is 9.12. The van der Waals surface area contributed by atoms with Gasteiger partial charge in [-0.1, -0.05) is 34.9 Å². The number of aromatic amines is 1. The van der Waals surface area contributed by atoms with Crippen LogP contribution in [-0.4, -0.2) is 51.0 Å². The molecular formula is C15H18N4O4S3. The molecule has 2 aromatic rings. The molecule has 0 saturated carbocycles. The Morgan fingerprint density at radius 3 is 2.54 bits per heavy atom. The maximum atomic E-state index is 12.8. The molecule has 0 saturated heterocycles. The molecule has 2 heterocycles. The first kappa shape index (κ1) is 20.5. The molecule has 0 aromatic carbocycles. The Hall–Kier alpha value is -1.85. The summed E-state index contributed by atoms with van der Waals surface area (Å²) in [7, 11) is 1.30. The Labute approximate surface area is 162 Å². The van der Waals surface area contributed by atoms with Crippen molar-refractivity contribution in [1.82, 2.24) is 15.2 Å². The predicted octanol–water partition coefficient (Wildman–Crippen LogP) is 2.21. The summed E-state index contributed by atoms with van der Waals surface area (Å²) in [6.07, 6.45) is 0. The summed E-state index contributed by atoms with van der Waals surface area (Å²) in [6, 6.07) is 0. The molecule has 0 fully saturated rings. The van der Waals surface area contributed by atoms with Crippen molar-refractivity contribution in [2.75, 3.05) is 12.9 Å². The fourth-order valence-electron chi connectivity index (χ4n) is 2.25. The third kappa shape index (κ3) is 4.65. The summed E-state index contributed by atoms with van der Waals surface area (Å²) in [5.74, 6) is -0.921. The molecule has 0 unspecified atom stereocenters. The minimum atomic E-state index is -0.476. The van der Waals surface area contributed by atoms with E-state index in [1.54, 1.807) is 20.8 Å². The van der Waals surface area contributed by atoms with Gasteiger partial charge in [-0.15, -0.1) is 10.2 Å². The van der Waals surface area contributed by atoms with Crippen LogP contribution in [0.4, 0.5) is 0 Å². The fraction of sp³-hybridized carbons (Fsp3) is 0.400. The van der Waals surface area contributed by atoms with E-state index in [0.717, 1.165) is 0 Å². The number of carbonyl (C=O) groups is 3. The maximum absolute atomic E-state index is 12.8. The van der Waals surface area contributed by atoms with Gasteiger partial charge in [0, 0.05) is 5.69 Å². The second kappa shape index (κ2) is 8.69. The summed E-state index contributed by atoms with van der Waals surface area (Å²) in [5.41, 5.74) is 7.03. The van der Waals surface area contributed by atoms with E-state index >= 15 is 0 Å². The molecule has 0 radical (unpaired) electrons. The van der Waals surface area contributed by atoms with E-state index < -0.39 is 17.1 Å². The third-order valence-electron chi connectivity index (χ3n) is 3.45. The highest BCUT2D eigenvalue weighted by atomic mass is 32.2. The zero-order chi connectivity index (χ0) is 19.4. The number of rotatable bonds is 8. The van der Waals surface area contributed by atoms with Crippen molar-refractivity contribution in [2.24, 2.45) is 5.73 Å². The molecule has 0 aliphatic heterocycles. The van der Waals surface area contributed by atoms with E-state index in [9.17, 15) is 14.4 Å². The Kier molecular flexibility index (Phi) is 6.84. The molecule has 11 heteroatoms. The predicted molar refractivity (Wildman–Crippen MR) is 101 cm³/mol. The van der Waals surface area contributed by atoms with Crippen LogP contribution in [0.2, 0.25) is 0 Å². The minimum Gasteiger partial charge on any atom is -0.465 e. The molecule has 140 valence electrons. The molecule has 2 aromatic heterocycles. The molecule has 1 amide bonds. The average Bonchev–Trinajstić information content (AvgIpc) is 3.15. The van der Waals surface area contributed by atoms with Gasteiger partial charge >= 0.3 is 5.97 Å². The number of ether oxygens (including phenoxy) is 1. The summed E-state index contributed by atoms with van der Waals surface area (Å²) < 4.78 is 6.00. The summed E-state index contributed by atoms with van der Waals surface area (Å²) in [4.78, 5) is 38.4. The van der Waals surface area contributed by atoms with Crippen molar-refractivity contribution < 1.29 is 19.1 Å². The normalized spacial score (nSPS) is 12.0. The molecule has 26 heavy (non-hydrogen) atoms. The largest absolute Gasteiger partial charge is 0.465 e. The lowest BCUT2D eigenvalue weighted by molar-refractivity contribution is -0.115. The van der Waals surface area contributed by atoms with Crippen LogP contribution in [0.5, 0.6) is 0 Å². The lowest BCUT2D eigenvalue weighted by atomic mass is 10.1. The molecule has 2 rings (SSSR count). The molecular weight excluding hydrogens is 396 g/mol. The van der Waals surface area contributed by atoms with Crippen LogP contribution in [0.3, 0.4) is 0 Å². The fourth-order valence-corrected chi connectivity index (χ4v) is 5.21. The van der Waals surface area contributed by atoms with E-state index in [4.69, 9.17) is 10.5 Å². The van der Waals surface area contributed by atoms with Gasteiger partial charge in [-0.3, -0.25) is 9.59 Å². The highest BCUT2D eigenvalue weighted by Gasteiger charge is 2.26. The van der Waals surface area contributed by atoms with Crippen molar-refractivity contribution in [2.45, 2.75) is 34.7 Å². The van der Waals surface area contributed by atoms with Gasteiger partial charge in [0.2, 0.25) is 5.91 Å². The minimum absolute atomic E-state index is 0.130. The summed E-state index contributed by atoms with van der Waals surface area (Å²) in [6.45, 7) is 5.20. The monoisotopic (exact) mass is 414 g/mol. The number of methoxy groups -OCH3 is 1. The number of nitrogens with two attached hydrogens (primary N) is 1. The van der Waals surface area contributed by atoms with E-state index in [0.29, 0.717) is 31.2 Å². The number of amides is 1. The number of aryl methyl sites for hydroxylation is 1. The van der Waals surface area contributed by atoms with Crippen molar-refractivity contribution in [1.29, 1.82) is 0 Å². The van der Waals surface area contributed by atoms with Gasteiger partial charge in [-0.2, -0.15) is 0 Å². The van der Waals surface area contributed by atoms with Crippen LogP contribution < -0.4 is 5.73 Å². The van der Waals surface area contributed by atoms with Crippen LogP contribution in [0, 0.1) is 13.8 Å². The number of primary amides is 1. The number of hydrogen-bond donors (Lipinski definition) is 2. The van der Waals surface area contributed by atoms with Gasteiger partial charge in [0.15, 0.2) is 14.5 Å². The van der Waals surface area contributed by atoms with Gasteiger partial charge in [-0.25, -0.2) is 4.79 Å². The number of ketones is 1. The first-order valence-electron chi connectivity index (χ1n) is 7.47. The van der Waals surface area contributed by atoms with Crippen molar-refractivity contribution in [3.63, 3.8) is 0 Å². The van der Waals surface area contributed by atoms with Crippen molar-refractivity contribution in [3.8, 4) is 0 Å². The van der Waals surface area contributed by atoms with E-state index in [1.165, 1.54) is 42.0 Å². The number of esters is 1. The van der Waals surface area contributed by atoms with Gasteiger partial charge in [0.05, 0.1) is 29.4 Å². The van der Waals surface area contributed by atoms with Crippen LogP contribution in [0.15, 0.2) is 8.68 Å². The second-order valence-electron chi connectivity index (χ2n) is 5.33. The zero-order valence-electron chi connectivity index (χ0n) is 14.6. The zero-order valence-corrected chi connectivity index (χ0v) is 17.1. The lowest BCUT2D eigenvalue weighted by Gasteiger charge is -2.07. The smallest absolute Gasteiger partial charge is 0.339 e. The lowest BCUT2D eigenvalue weighted by Crippen LogP contribution is -2.15. The highest BCUT2D eigenvalue weighted by molar-refractivity contribution is 8.04. The van der Waals surface area contributed by atoms with Crippen molar-refractivity contribution >= 4 is 52.5 Å². The number of thioether (sulfide) groups is 2. The highest BCUT2D eigenvalue weighted by Crippen LogP contribution is 2.33. The molecule has 0 aliphatic carbocycles. The molecule has 0 spiro atoms. The SMILES string of the molecule is COC(=O)c1c(C)[nH]c(C(=O)[C@H](C)Sc2nnc(SCC(N)=O)s2)c1C. The number of hydrogen-bond acceptors (Lipinski definition) is 9. The van der Waals surface area contributed by atoms with Gasteiger partial charge in [0.1, 0.15) is 0 Å². The number of nitrogens with zero attached hydrogens (tertiary/aromatic N) is 2. The van der Waals surface area contributed by atoms with Gasteiger partial charge < -0.3 is 15.5 Å². The number of Topliss-reactive ketones (excluding diaryl/α,β-unsaturated/α-hetero) is 1. The Balaban J connectivity index is 2.11. The number of H-pyrrole nitrogens is 1. The van der Waals surface area contributed by atoms with E-state index in [1.807, 2.05) is 0 Å². The van der Waals surface area contributed by atoms with E-state index in [2.05, 4.69) is 15.2 Å². The maximum Gasteiger partial charge on any atom is 0.339 e. The topological polar surface area (TPSA) is 128 Å². The first-order valence-corrected chi connectivity index (χ1v) is 10.2. The van der Waals surface area contributed by atoms with Crippen LogP contribution >= 0.6 is 34.9 Å². The standard InChI is InChI=1S/C15H18N4O4S3/c1-6-10(13(22)23-4)7(2)17-11(6)12(21)8(3)25-15-19-18-14(26-15)24-5-9(16)20/h8,17H,5H2,1-4H3,(H2,16,20)/t8-/m0/s1. The summed E-state index contributed by atoms with van der Waals surface area (Å²) in [5, 5.41) is 7.55. The van der Waals surface area contributed by atoms with Crippen LogP contribution in [0.1, 0.15) is 39.0 Å². The Morgan fingerprint density at radius 2 is 1.92 bits per heavy atom. The van der Waals surface area contributed by atoms with Crippen LogP contribution in [0.25, 0.3) is 0 Å². The van der Waals surface area contributed by atoms with Gasteiger partial charge in [0.25, 0.3) is 0 Å². The Morgan fingerprint density at radius 1 is 1.27 bits per heavy atom. The molecule has 1 atom stereocenters. The summed E-state index contributed by atoms with van der Waals surface area (Å²) >= 11 is 3.77. The molecule has 0 bridgehead atoms. The van der Waals surface area contributed by atoms with E-state index in [-0.39, 0.29) is 11.5 Å². The van der Waals surface area contributed by atoms with Crippen LogP contribution in [-0.2, 0) is 9.53 Å². The molecule has 3 N–H and O–H groups in total. The molecule has 0 aliphatic rings. The number of nitrogens with one attached hydrogen (secondary N) is 1.